The molecule has 100 valence electrons. The zero-order chi connectivity index (χ0) is 13.0. The molecule has 0 aromatic heterocycles. The molecule has 0 spiro atoms. The Hall–Kier alpha value is 0.01000. The van der Waals surface area contributed by atoms with E-state index in [0.29, 0.717) is 5.88 Å². The molecule has 2 nitrogen and oxygen atoms in total. The molecule has 1 aliphatic heterocycles. The lowest BCUT2D eigenvalue weighted by Crippen LogP contribution is -2.46. The molecule has 1 aliphatic rings. The van der Waals surface area contributed by atoms with E-state index in [2.05, 4.69) is 9.80 Å². The normalized spacial score (nSPS) is 18.2. The van der Waals surface area contributed by atoms with Gasteiger partial charge in [-0.3, -0.25) is 9.80 Å². The van der Waals surface area contributed by atoms with Crippen LogP contribution in [0.5, 0.6) is 0 Å². The Kier molecular flexibility index (Phi) is 5.58. The topological polar surface area (TPSA) is 6.48 Å². The van der Waals surface area contributed by atoms with E-state index in [0.717, 1.165) is 54.9 Å². The predicted molar refractivity (Wildman–Crippen MR) is 78.9 cm³/mol. The molecule has 0 amide bonds. The van der Waals surface area contributed by atoms with Crippen LogP contribution < -0.4 is 0 Å². The standard InChI is InChI=1S/C13H17Cl3N2/c14-3-4-17-5-7-18(8-6-17)10-11-9-12(15)1-2-13(11)16/h1-2,9H,3-8,10H2. The van der Waals surface area contributed by atoms with Gasteiger partial charge in [-0.25, -0.2) is 0 Å². The minimum absolute atomic E-state index is 0.708. The number of hydrogen-bond donors (Lipinski definition) is 0. The predicted octanol–water partition coefficient (Wildman–Crippen LogP) is 3.35. The first-order valence-corrected chi connectivity index (χ1v) is 7.42. The molecule has 0 N–H and O–H groups in total. The van der Waals surface area contributed by atoms with E-state index >= 15 is 0 Å². The van der Waals surface area contributed by atoms with E-state index in [4.69, 9.17) is 34.8 Å². The van der Waals surface area contributed by atoms with Gasteiger partial charge in [0.15, 0.2) is 0 Å². The number of nitrogens with zero attached hydrogens (tertiary/aromatic N) is 2. The fourth-order valence-electron chi connectivity index (χ4n) is 2.20. The fraction of sp³-hybridized carbons (Fsp3) is 0.538. The van der Waals surface area contributed by atoms with Crippen LogP contribution in [0.1, 0.15) is 5.56 Å². The Morgan fingerprint density at radius 2 is 1.67 bits per heavy atom. The second-order valence-electron chi connectivity index (χ2n) is 4.54. The summed E-state index contributed by atoms with van der Waals surface area (Å²) in [6.07, 6.45) is 0. The van der Waals surface area contributed by atoms with Crippen molar-refractivity contribution in [3.63, 3.8) is 0 Å². The maximum absolute atomic E-state index is 6.18. The van der Waals surface area contributed by atoms with E-state index in [1.807, 2.05) is 18.2 Å². The van der Waals surface area contributed by atoms with Gasteiger partial charge in [-0.05, 0) is 23.8 Å². The third kappa shape index (κ3) is 4.01. The molecule has 1 saturated heterocycles. The summed E-state index contributed by atoms with van der Waals surface area (Å²) in [6, 6.07) is 5.64. The quantitative estimate of drug-likeness (QED) is 0.787. The van der Waals surface area contributed by atoms with Crippen LogP contribution in [-0.4, -0.2) is 48.4 Å². The molecule has 18 heavy (non-hydrogen) atoms. The second kappa shape index (κ2) is 6.97. The van der Waals surface area contributed by atoms with Crippen LogP contribution in [-0.2, 0) is 6.54 Å². The van der Waals surface area contributed by atoms with Gasteiger partial charge < -0.3 is 0 Å². The first-order chi connectivity index (χ1) is 8.69. The van der Waals surface area contributed by atoms with E-state index < -0.39 is 0 Å². The number of hydrogen-bond acceptors (Lipinski definition) is 2. The molecule has 1 aromatic carbocycles. The molecule has 0 unspecified atom stereocenters. The maximum Gasteiger partial charge on any atom is 0.0452 e. The summed E-state index contributed by atoms with van der Waals surface area (Å²) < 4.78 is 0. The Morgan fingerprint density at radius 1 is 1.00 bits per heavy atom. The first kappa shape index (κ1) is 14.4. The molecule has 0 saturated carbocycles. The number of piperazine rings is 1. The van der Waals surface area contributed by atoms with Crippen LogP contribution in [0.25, 0.3) is 0 Å². The lowest BCUT2D eigenvalue weighted by atomic mass is 10.2. The smallest absolute Gasteiger partial charge is 0.0452 e. The van der Waals surface area contributed by atoms with Crippen LogP contribution in [0.2, 0.25) is 10.0 Å². The van der Waals surface area contributed by atoms with Crippen LogP contribution in [0.3, 0.4) is 0 Å². The van der Waals surface area contributed by atoms with Crippen molar-refractivity contribution in [2.45, 2.75) is 6.54 Å². The largest absolute Gasteiger partial charge is 0.300 e. The molecule has 0 radical (unpaired) electrons. The van der Waals surface area contributed by atoms with Crippen LogP contribution in [0, 0.1) is 0 Å². The third-order valence-corrected chi connectivity index (χ3v) is 4.04. The van der Waals surface area contributed by atoms with Gasteiger partial charge in [0.2, 0.25) is 0 Å². The summed E-state index contributed by atoms with van der Waals surface area (Å²) in [5.41, 5.74) is 1.11. The highest BCUT2D eigenvalue weighted by molar-refractivity contribution is 6.33. The van der Waals surface area contributed by atoms with Gasteiger partial charge in [0.05, 0.1) is 0 Å². The highest BCUT2D eigenvalue weighted by atomic mass is 35.5. The first-order valence-electron chi connectivity index (χ1n) is 6.13. The average Bonchev–Trinajstić information content (AvgIpc) is 2.37. The number of benzene rings is 1. The maximum atomic E-state index is 6.18. The van der Waals surface area contributed by atoms with Crippen LogP contribution in [0.15, 0.2) is 18.2 Å². The van der Waals surface area contributed by atoms with E-state index in [-0.39, 0.29) is 0 Å². The van der Waals surface area contributed by atoms with Gasteiger partial charge in [-0.2, -0.15) is 0 Å². The van der Waals surface area contributed by atoms with Gasteiger partial charge in [0.1, 0.15) is 0 Å². The summed E-state index contributed by atoms with van der Waals surface area (Å²) in [5.74, 6) is 0.708. The van der Waals surface area contributed by atoms with E-state index in [9.17, 15) is 0 Å². The highest BCUT2D eigenvalue weighted by Crippen LogP contribution is 2.22. The molecular weight excluding hydrogens is 291 g/mol. The van der Waals surface area contributed by atoms with Gasteiger partial charge in [-0.1, -0.05) is 23.2 Å². The monoisotopic (exact) mass is 306 g/mol. The van der Waals surface area contributed by atoms with Crippen molar-refractivity contribution >= 4 is 34.8 Å². The Morgan fingerprint density at radius 3 is 2.33 bits per heavy atom. The molecule has 2 rings (SSSR count). The Labute approximate surface area is 123 Å². The molecule has 1 fully saturated rings. The molecular formula is C13H17Cl3N2. The van der Waals surface area contributed by atoms with E-state index in [1.54, 1.807) is 0 Å². The van der Waals surface area contributed by atoms with Gasteiger partial charge in [0, 0.05) is 55.2 Å². The number of rotatable bonds is 4. The third-order valence-electron chi connectivity index (χ3n) is 3.27. The van der Waals surface area contributed by atoms with Crippen molar-refractivity contribution in [1.82, 2.24) is 9.80 Å². The zero-order valence-electron chi connectivity index (χ0n) is 10.2. The van der Waals surface area contributed by atoms with Gasteiger partial charge in [-0.15, -0.1) is 11.6 Å². The average molecular weight is 308 g/mol. The summed E-state index contributed by atoms with van der Waals surface area (Å²) in [4.78, 5) is 4.80. The van der Waals surface area contributed by atoms with Gasteiger partial charge in [0.25, 0.3) is 0 Å². The molecule has 0 atom stereocenters. The molecule has 5 heteroatoms. The Bertz CT molecular complexity index is 390. The summed E-state index contributed by atoms with van der Waals surface area (Å²) in [5, 5.41) is 1.54. The number of halogens is 3. The van der Waals surface area contributed by atoms with Crippen LogP contribution >= 0.6 is 34.8 Å². The number of alkyl halides is 1. The molecule has 1 aromatic rings. The van der Waals surface area contributed by atoms with Crippen molar-refractivity contribution in [2.24, 2.45) is 0 Å². The molecule has 0 aliphatic carbocycles. The van der Waals surface area contributed by atoms with Crippen LogP contribution in [0.4, 0.5) is 0 Å². The zero-order valence-corrected chi connectivity index (χ0v) is 12.5. The minimum Gasteiger partial charge on any atom is -0.300 e. The summed E-state index contributed by atoms with van der Waals surface area (Å²) in [6.45, 7) is 6.11. The van der Waals surface area contributed by atoms with Gasteiger partial charge >= 0.3 is 0 Å². The van der Waals surface area contributed by atoms with Crippen molar-refractivity contribution in [1.29, 1.82) is 0 Å². The SMILES string of the molecule is ClCCN1CCN(Cc2cc(Cl)ccc2Cl)CC1. The lowest BCUT2D eigenvalue weighted by Gasteiger charge is -2.34. The fourth-order valence-corrected chi connectivity index (χ4v) is 2.81. The molecule has 1 heterocycles. The summed E-state index contributed by atoms with van der Waals surface area (Å²) >= 11 is 17.9. The van der Waals surface area contributed by atoms with Crippen molar-refractivity contribution in [2.75, 3.05) is 38.6 Å². The Balaban J connectivity index is 1.89. The highest BCUT2D eigenvalue weighted by Gasteiger charge is 2.17. The second-order valence-corrected chi connectivity index (χ2v) is 5.76. The van der Waals surface area contributed by atoms with Crippen molar-refractivity contribution in [3.8, 4) is 0 Å². The van der Waals surface area contributed by atoms with E-state index in [1.165, 1.54) is 0 Å². The van der Waals surface area contributed by atoms with Crippen molar-refractivity contribution < 1.29 is 0 Å². The minimum atomic E-state index is 0.708. The van der Waals surface area contributed by atoms with Crippen molar-refractivity contribution in [3.05, 3.63) is 33.8 Å². The molecule has 0 bridgehead atoms. The summed E-state index contributed by atoms with van der Waals surface area (Å²) in [7, 11) is 0. The lowest BCUT2D eigenvalue weighted by molar-refractivity contribution is 0.132.